The highest BCUT2D eigenvalue weighted by atomic mass is 35.5. The molecule has 0 radical (unpaired) electrons. The topological polar surface area (TPSA) is 54.9 Å². The van der Waals surface area contributed by atoms with Crippen molar-refractivity contribution in [3.8, 4) is 10.6 Å². The van der Waals surface area contributed by atoms with Crippen LogP contribution in [0.4, 0.5) is 0 Å². The van der Waals surface area contributed by atoms with Crippen molar-refractivity contribution in [3.63, 3.8) is 0 Å². The molecule has 1 amide bonds. The maximum absolute atomic E-state index is 12.3. The zero-order valence-electron chi connectivity index (χ0n) is 13.4. The van der Waals surface area contributed by atoms with Gasteiger partial charge in [-0.05, 0) is 36.8 Å². The second kappa shape index (κ2) is 7.95. The fraction of sp³-hybridized carbons (Fsp3) is 0.167. The molecule has 1 N–H and O–H groups in total. The lowest BCUT2D eigenvalue weighted by atomic mass is 10.1. The number of hydrogen-bond acceptors (Lipinski definition) is 4. The first-order chi connectivity index (χ1) is 12.0. The van der Waals surface area contributed by atoms with Crippen LogP contribution in [0.1, 0.15) is 24.2 Å². The second-order valence-electron chi connectivity index (χ2n) is 5.52. The molecule has 4 nitrogen and oxygen atoms in total. The van der Waals surface area contributed by atoms with Crippen molar-refractivity contribution in [2.75, 3.05) is 0 Å². The molecular weight excluding hydrogens is 377 g/mol. The average Bonchev–Trinajstić information content (AvgIpc) is 3.06. The van der Waals surface area contributed by atoms with E-state index in [1.54, 1.807) is 24.5 Å². The van der Waals surface area contributed by atoms with Crippen LogP contribution in [0.2, 0.25) is 10.0 Å². The summed E-state index contributed by atoms with van der Waals surface area (Å²) < 4.78 is 0. The number of carbonyl (C=O) groups is 1. The van der Waals surface area contributed by atoms with Gasteiger partial charge in [0.05, 0.1) is 28.2 Å². The Balaban J connectivity index is 1.62. The minimum Gasteiger partial charge on any atom is -0.349 e. The molecule has 1 aromatic carbocycles. The van der Waals surface area contributed by atoms with Gasteiger partial charge in [-0.2, -0.15) is 0 Å². The summed E-state index contributed by atoms with van der Waals surface area (Å²) >= 11 is 13.5. The number of nitrogens with zero attached hydrogens (tertiary/aromatic N) is 2. The summed E-state index contributed by atoms with van der Waals surface area (Å²) in [6.07, 6.45) is 3.68. The highest BCUT2D eigenvalue weighted by Gasteiger charge is 2.13. The standard InChI is InChI=1S/C18H15Cl2N3OS/c1-11(13-2-3-15(19)16(20)8-13)22-17(24)9-14-10-25-18(23-14)12-4-6-21-7-5-12/h2-8,10-11H,9H2,1H3,(H,22,24). The fourth-order valence-electron chi connectivity index (χ4n) is 2.34. The van der Waals surface area contributed by atoms with Gasteiger partial charge in [0, 0.05) is 23.3 Å². The SMILES string of the molecule is CC(NC(=O)Cc1csc(-c2ccncc2)n1)c1ccc(Cl)c(Cl)c1. The van der Waals surface area contributed by atoms with E-state index in [-0.39, 0.29) is 18.4 Å². The minimum absolute atomic E-state index is 0.0925. The predicted octanol–water partition coefficient (Wildman–Crippen LogP) is 4.93. The lowest BCUT2D eigenvalue weighted by molar-refractivity contribution is -0.121. The number of thiazole rings is 1. The van der Waals surface area contributed by atoms with Crippen LogP contribution in [0, 0.1) is 0 Å². The Morgan fingerprint density at radius 3 is 2.68 bits per heavy atom. The Labute approximate surface area is 159 Å². The van der Waals surface area contributed by atoms with Crippen LogP contribution in [0.15, 0.2) is 48.1 Å². The molecule has 0 spiro atoms. The molecule has 0 aliphatic carbocycles. The summed E-state index contributed by atoms with van der Waals surface area (Å²) in [5.74, 6) is -0.0925. The highest BCUT2D eigenvalue weighted by molar-refractivity contribution is 7.13. The van der Waals surface area contributed by atoms with Gasteiger partial charge < -0.3 is 5.32 Å². The van der Waals surface area contributed by atoms with E-state index in [1.807, 2.05) is 30.5 Å². The molecule has 128 valence electrons. The normalized spacial score (nSPS) is 12.0. The summed E-state index contributed by atoms with van der Waals surface area (Å²) in [6, 6.07) is 8.97. The van der Waals surface area contributed by atoms with Crippen molar-refractivity contribution in [2.24, 2.45) is 0 Å². The number of carbonyl (C=O) groups excluding carboxylic acids is 1. The first-order valence-electron chi connectivity index (χ1n) is 7.62. The van der Waals surface area contributed by atoms with Gasteiger partial charge in [0.15, 0.2) is 0 Å². The van der Waals surface area contributed by atoms with Gasteiger partial charge in [-0.3, -0.25) is 9.78 Å². The molecule has 0 aliphatic rings. The smallest absolute Gasteiger partial charge is 0.226 e. The third-order valence-electron chi connectivity index (χ3n) is 3.64. The Morgan fingerprint density at radius 2 is 1.96 bits per heavy atom. The van der Waals surface area contributed by atoms with E-state index in [2.05, 4.69) is 15.3 Å². The van der Waals surface area contributed by atoms with Crippen LogP contribution >= 0.6 is 34.5 Å². The number of amides is 1. The Bertz CT molecular complexity index is 883. The number of aromatic nitrogens is 2. The van der Waals surface area contributed by atoms with Crippen molar-refractivity contribution < 1.29 is 4.79 Å². The minimum atomic E-state index is -0.166. The molecule has 1 atom stereocenters. The molecule has 3 rings (SSSR count). The van der Waals surface area contributed by atoms with Crippen molar-refractivity contribution in [2.45, 2.75) is 19.4 Å². The molecule has 0 aliphatic heterocycles. The van der Waals surface area contributed by atoms with Gasteiger partial charge in [0.1, 0.15) is 5.01 Å². The number of hydrogen-bond donors (Lipinski definition) is 1. The maximum Gasteiger partial charge on any atom is 0.226 e. The van der Waals surface area contributed by atoms with E-state index >= 15 is 0 Å². The number of rotatable bonds is 5. The molecular formula is C18H15Cl2N3OS. The molecule has 0 saturated carbocycles. The van der Waals surface area contributed by atoms with Crippen molar-refractivity contribution in [3.05, 3.63) is 69.4 Å². The fourth-order valence-corrected chi connectivity index (χ4v) is 3.47. The van der Waals surface area contributed by atoms with Crippen molar-refractivity contribution in [1.82, 2.24) is 15.3 Å². The van der Waals surface area contributed by atoms with Crippen LogP contribution in [0.5, 0.6) is 0 Å². The number of pyridine rings is 1. The largest absolute Gasteiger partial charge is 0.349 e. The third-order valence-corrected chi connectivity index (χ3v) is 5.32. The van der Waals surface area contributed by atoms with E-state index in [0.717, 1.165) is 21.8 Å². The number of halogens is 2. The summed E-state index contributed by atoms with van der Waals surface area (Å²) in [6.45, 7) is 1.90. The van der Waals surface area contributed by atoms with Crippen LogP contribution in [0.25, 0.3) is 10.6 Å². The lowest BCUT2D eigenvalue weighted by Crippen LogP contribution is -2.28. The molecule has 0 bridgehead atoms. The first-order valence-corrected chi connectivity index (χ1v) is 9.25. The molecule has 2 heterocycles. The van der Waals surface area contributed by atoms with Crippen molar-refractivity contribution >= 4 is 40.4 Å². The van der Waals surface area contributed by atoms with Crippen LogP contribution in [-0.4, -0.2) is 15.9 Å². The zero-order valence-corrected chi connectivity index (χ0v) is 15.7. The van der Waals surface area contributed by atoms with Gasteiger partial charge >= 0.3 is 0 Å². The van der Waals surface area contributed by atoms with Crippen LogP contribution < -0.4 is 5.32 Å². The Hall–Kier alpha value is -1.95. The van der Waals surface area contributed by atoms with E-state index in [1.165, 1.54) is 11.3 Å². The summed E-state index contributed by atoms with van der Waals surface area (Å²) in [5.41, 5.74) is 2.64. The lowest BCUT2D eigenvalue weighted by Gasteiger charge is -2.14. The summed E-state index contributed by atoms with van der Waals surface area (Å²) in [4.78, 5) is 20.8. The molecule has 1 unspecified atom stereocenters. The van der Waals surface area contributed by atoms with E-state index in [9.17, 15) is 4.79 Å². The second-order valence-corrected chi connectivity index (χ2v) is 7.19. The Kier molecular flexibility index (Phi) is 5.68. The molecule has 0 saturated heterocycles. The Morgan fingerprint density at radius 1 is 1.20 bits per heavy atom. The van der Waals surface area contributed by atoms with Crippen LogP contribution in [0.3, 0.4) is 0 Å². The number of benzene rings is 1. The monoisotopic (exact) mass is 391 g/mol. The van der Waals surface area contributed by atoms with Gasteiger partial charge in [0.25, 0.3) is 0 Å². The maximum atomic E-state index is 12.3. The summed E-state index contributed by atoms with van der Waals surface area (Å²) in [7, 11) is 0. The summed E-state index contributed by atoms with van der Waals surface area (Å²) in [5, 5.41) is 6.70. The molecule has 2 aromatic heterocycles. The van der Waals surface area contributed by atoms with Crippen molar-refractivity contribution in [1.29, 1.82) is 0 Å². The molecule has 25 heavy (non-hydrogen) atoms. The van der Waals surface area contributed by atoms with Gasteiger partial charge in [-0.1, -0.05) is 29.3 Å². The molecule has 3 aromatic rings. The van der Waals surface area contributed by atoms with Gasteiger partial charge in [-0.25, -0.2) is 4.98 Å². The highest BCUT2D eigenvalue weighted by Crippen LogP contribution is 2.26. The van der Waals surface area contributed by atoms with E-state index < -0.39 is 0 Å². The van der Waals surface area contributed by atoms with E-state index in [4.69, 9.17) is 23.2 Å². The predicted molar refractivity (Wildman–Crippen MR) is 102 cm³/mol. The third kappa shape index (κ3) is 4.57. The average molecular weight is 392 g/mol. The van der Waals surface area contributed by atoms with Gasteiger partial charge in [-0.15, -0.1) is 11.3 Å². The number of nitrogens with one attached hydrogen (secondary N) is 1. The quantitative estimate of drug-likeness (QED) is 0.670. The van der Waals surface area contributed by atoms with Gasteiger partial charge in [0.2, 0.25) is 5.91 Å². The molecule has 0 fully saturated rings. The zero-order chi connectivity index (χ0) is 17.8. The van der Waals surface area contributed by atoms with Crippen LogP contribution in [-0.2, 0) is 11.2 Å². The molecule has 7 heteroatoms. The van der Waals surface area contributed by atoms with E-state index in [0.29, 0.717) is 10.0 Å². The first kappa shape index (κ1) is 17.9.